The van der Waals surface area contributed by atoms with Crippen LogP contribution in [0, 0.1) is 11.2 Å². The van der Waals surface area contributed by atoms with Gasteiger partial charge in [0.05, 0.1) is 24.7 Å². The van der Waals surface area contributed by atoms with Gasteiger partial charge in [0.1, 0.15) is 16.5 Å². The molecule has 1 aromatic heterocycles. The molecule has 7 nitrogen and oxygen atoms in total. The maximum atomic E-state index is 14.0. The molecule has 0 aliphatic carbocycles. The van der Waals surface area contributed by atoms with Crippen molar-refractivity contribution in [2.75, 3.05) is 7.11 Å². The summed E-state index contributed by atoms with van der Waals surface area (Å²) < 4.78 is 46.5. The Labute approximate surface area is 151 Å². The first-order valence-corrected chi connectivity index (χ1v) is 9.06. The molecule has 0 unspecified atom stereocenters. The summed E-state index contributed by atoms with van der Waals surface area (Å²) in [4.78, 5) is -0.527. The number of aromatic amines is 1. The average Bonchev–Trinajstić information content (AvgIpc) is 3.03. The first-order valence-electron chi connectivity index (χ1n) is 7.58. The molecule has 0 fully saturated rings. The van der Waals surface area contributed by atoms with Crippen molar-refractivity contribution in [3.8, 4) is 5.75 Å². The van der Waals surface area contributed by atoms with Gasteiger partial charge in [-0.3, -0.25) is 9.82 Å². The number of hydrogen-bond acceptors (Lipinski definition) is 5. The van der Waals surface area contributed by atoms with E-state index in [2.05, 4.69) is 14.9 Å². The van der Waals surface area contributed by atoms with Crippen molar-refractivity contribution < 1.29 is 17.5 Å². The third-order valence-electron chi connectivity index (χ3n) is 3.40. The standard InChI is InChI=1S/C17H19FN4O3S/c1-4-5-12(8-16-14(11(2)19)10-20-21-16)22-26(23,24)17-9-13(25-3)6-7-15(17)18/h4-10,19,22H,1-3H3,(H,20,21)/b5-4-,12-8+,19-11?. The predicted octanol–water partition coefficient (Wildman–Crippen LogP) is 2.84. The SMILES string of the molecule is C/C=C\C(=C/c1[nH]ncc1C(C)=N)NS(=O)(=O)c1cc(OC)ccc1F. The van der Waals surface area contributed by atoms with Crippen LogP contribution in [0.15, 0.2) is 47.1 Å². The van der Waals surface area contributed by atoms with E-state index in [1.807, 2.05) is 0 Å². The van der Waals surface area contributed by atoms with Gasteiger partial charge in [-0.25, -0.2) is 12.8 Å². The van der Waals surface area contributed by atoms with E-state index in [0.717, 1.165) is 12.1 Å². The van der Waals surface area contributed by atoms with E-state index >= 15 is 0 Å². The topological polar surface area (TPSA) is 108 Å². The van der Waals surface area contributed by atoms with Gasteiger partial charge < -0.3 is 10.1 Å². The number of nitrogens with one attached hydrogen (secondary N) is 3. The van der Waals surface area contributed by atoms with Crippen LogP contribution in [0.5, 0.6) is 5.75 Å². The number of allylic oxidation sites excluding steroid dienone is 2. The van der Waals surface area contributed by atoms with Crippen LogP contribution in [0.2, 0.25) is 0 Å². The molecule has 9 heteroatoms. The van der Waals surface area contributed by atoms with E-state index in [4.69, 9.17) is 10.1 Å². The third-order valence-corrected chi connectivity index (χ3v) is 4.80. The van der Waals surface area contributed by atoms with Crippen LogP contribution in [0.1, 0.15) is 25.1 Å². The molecule has 0 amide bonds. The quantitative estimate of drug-likeness (QED) is 0.508. The van der Waals surface area contributed by atoms with Gasteiger partial charge in [0, 0.05) is 17.3 Å². The number of benzene rings is 1. The molecule has 26 heavy (non-hydrogen) atoms. The molecule has 2 rings (SSSR count). The van der Waals surface area contributed by atoms with Crippen molar-refractivity contribution in [1.29, 1.82) is 5.41 Å². The smallest absolute Gasteiger partial charge is 0.264 e. The Bertz CT molecular complexity index is 978. The van der Waals surface area contributed by atoms with Gasteiger partial charge in [0.15, 0.2) is 0 Å². The lowest BCUT2D eigenvalue weighted by Crippen LogP contribution is -2.23. The van der Waals surface area contributed by atoms with E-state index in [-0.39, 0.29) is 17.2 Å². The Morgan fingerprint density at radius 3 is 2.77 bits per heavy atom. The molecule has 0 spiro atoms. The van der Waals surface area contributed by atoms with Gasteiger partial charge in [-0.2, -0.15) is 5.10 Å². The van der Waals surface area contributed by atoms with E-state index < -0.39 is 20.7 Å². The summed E-state index contributed by atoms with van der Waals surface area (Å²) in [6, 6.07) is 3.47. The van der Waals surface area contributed by atoms with Crippen LogP contribution in [0.25, 0.3) is 6.08 Å². The second kappa shape index (κ2) is 7.96. The van der Waals surface area contributed by atoms with Gasteiger partial charge in [0.25, 0.3) is 10.0 Å². The van der Waals surface area contributed by atoms with Gasteiger partial charge in [0.2, 0.25) is 0 Å². The van der Waals surface area contributed by atoms with Crippen molar-refractivity contribution in [1.82, 2.24) is 14.9 Å². The molecule has 2 aromatic rings. The maximum Gasteiger partial charge on any atom is 0.264 e. The largest absolute Gasteiger partial charge is 0.497 e. The first kappa shape index (κ1) is 19.4. The fraction of sp³-hybridized carbons (Fsp3) is 0.176. The summed E-state index contributed by atoms with van der Waals surface area (Å²) in [6.45, 7) is 3.30. The molecule has 0 saturated heterocycles. The number of methoxy groups -OCH3 is 1. The number of hydrogen-bond donors (Lipinski definition) is 3. The fourth-order valence-electron chi connectivity index (χ4n) is 2.18. The van der Waals surface area contributed by atoms with Crippen molar-refractivity contribution in [3.05, 3.63) is 59.3 Å². The van der Waals surface area contributed by atoms with Crippen molar-refractivity contribution >= 4 is 21.8 Å². The zero-order valence-electron chi connectivity index (χ0n) is 14.5. The van der Waals surface area contributed by atoms with Crippen LogP contribution >= 0.6 is 0 Å². The minimum atomic E-state index is -4.19. The molecule has 1 aromatic carbocycles. The summed E-state index contributed by atoms with van der Waals surface area (Å²) in [5.74, 6) is -0.672. The monoisotopic (exact) mass is 378 g/mol. The Balaban J connectivity index is 2.45. The first-order chi connectivity index (χ1) is 12.3. The highest BCUT2D eigenvalue weighted by atomic mass is 32.2. The number of rotatable bonds is 7. The Hall–Kier alpha value is -2.94. The lowest BCUT2D eigenvalue weighted by molar-refractivity contribution is 0.411. The molecule has 0 atom stereocenters. The molecule has 138 valence electrons. The zero-order valence-corrected chi connectivity index (χ0v) is 15.3. The highest BCUT2D eigenvalue weighted by molar-refractivity contribution is 7.89. The van der Waals surface area contributed by atoms with Crippen molar-refractivity contribution in [3.63, 3.8) is 0 Å². The average molecular weight is 378 g/mol. The molecular formula is C17H19FN4O3S. The van der Waals surface area contributed by atoms with Crippen molar-refractivity contribution in [2.24, 2.45) is 0 Å². The molecule has 0 radical (unpaired) electrons. The lowest BCUT2D eigenvalue weighted by Gasteiger charge is -2.11. The number of nitrogens with zero attached hydrogens (tertiary/aromatic N) is 1. The van der Waals surface area contributed by atoms with Crippen LogP contribution in [0.4, 0.5) is 4.39 Å². The van der Waals surface area contributed by atoms with Gasteiger partial charge in [-0.05, 0) is 38.1 Å². The normalized spacial score (nSPS) is 12.4. The highest BCUT2D eigenvalue weighted by Crippen LogP contribution is 2.22. The number of H-pyrrole nitrogens is 1. The highest BCUT2D eigenvalue weighted by Gasteiger charge is 2.21. The maximum absolute atomic E-state index is 14.0. The molecule has 0 saturated carbocycles. The van der Waals surface area contributed by atoms with E-state index in [1.54, 1.807) is 19.9 Å². The van der Waals surface area contributed by atoms with Gasteiger partial charge >= 0.3 is 0 Å². The minimum absolute atomic E-state index is 0.182. The minimum Gasteiger partial charge on any atom is -0.497 e. The Morgan fingerprint density at radius 2 is 2.15 bits per heavy atom. The summed E-state index contributed by atoms with van der Waals surface area (Å²) >= 11 is 0. The van der Waals surface area contributed by atoms with Gasteiger partial charge in [-0.15, -0.1) is 0 Å². The van der Waals surface area contributed by atoms with E-state index in [0.29, 0.717) is 11.3 Å². The lowest BCUT2D eigenvalue weighted by atomic mass is 10.1. The van der Waals surface area contributed by atoms with E-state index in [1.165, 1.54) is 31.5 Å². The molecule has 0 aliphatic heterocycles. The molecule has 3 N–H and O–H groups in total. The van der Waals surface area contributed by atoms with Crippen molar-refractivity contribution in [2.45, 2.75) is 18.7 Å². The number of sulfonamides is 1. The molecular weight excluding hydrogens is 359 g/mol. The van der Waals surface area contributed by atoms with Crippen LogP contribution in [-0.2, 0) is 10.0 Å². The molecule has 0 bridgehead atoms. The van der Waals surface area contributed by atoms with Crippen LogP contribution < -0.4 is 9.46 Å². The molecule has 0 aliphatic rings. The van der Waals surface area contributed by atoms with Crippen LogP contribution in [0.3, 0.4) is 0 Å². The summed E-state index contributed by atoms with van der Waals surface area (Å²) in [6.07, 6.45) is 6.09. The molecule has 1 heterocycles. The predicted molar refractivity (Wildman–Crippen MR) is 97.2 cm³/mol. The van der Waals surface area contributed by atoms with Crippen LogP contribution in [-0.4, -0.2) is 31.4 Å². The zero-order chi connectivity index (χ0) is 19.3. The number of aromatic nitrogens is 2. The fourth-order valence-corrected chi connectivity index (χ4v) is 3.32. The summed E-state index contributed by atoms with van der Waals surface area (Å²) in [7, 11) is -2.83. The summed E-state index contributed by atoms with van der Waals surface area (Å²) in [5, 5.41) is 14.3. The number of halogens is 1. The third kappa shape index (κ3) is 4.37. The Morgan fingerprint density at radius 1 is 1.42 bits per heavy atom. The van der Waals surface area contributed by atoms with Gasteiger partial charge in [-0.1, -0.05) is 6.08 Å². The number of ether oxygens (including phenoxy) is 1. The van der Waals surface area contributed by atoms with E-state index in [9.17, 15) is 12.8 Å². The second-order valence-electron chi connectivity index (χ2n) is 5.32. The Kier molecular flexibility index (Phi) is 5.93. The second-order valence-corrected chi connectivity index (χ2v) is 6.97. The summed E-state index contributed by atoms with van der Waals surface area (Å²) in [5.41, 5.74) is 1.44.